The van der Waals surface area contributed by atoms with Crippen LogP contribution in [0.3, 0.4) is 0 Å². The molecule has 1 aliphatic carbocycles. The van der Waals surface area contributed by atoms with Gasteiger partial charge in [-0.1, -0.05) is 29.3 Å². The smallest absolute Gasteiger partial charge is 0.269 e. The van der Waals surface area contributed by atoms with Crippen molar-refractivity contribution in [2.45, 2.75) is 19.3 Å². The minimum atomic E-state index is -0.579. The van der Waals surface area contributed by atoms with Crippen molar-refractivity contribution in [3.05, 3.63) is 70.1 Å². The van der Waals surface area contributed by atoms with Crippen molar-refractivity contribution in [1.29, 1.82) is 0 Å². The first-order valence-electron chi connectivity index (χ1n) is 10.6. The zero-order valence-corrected chi connectivity index (χ0v) is 19.1. The molecule has 0 radical (unpaired) electrons. The molecule has 1 saturated carbocycles. The second kappa shape index (κ2) is 10.4. The summed E-state index contributed by atoms with van der Waals surface area (Å²) in [5, 5.41) is 7.13. The number of hydrogen-bond acceptors (Lipinski definition) is 4. The number of nitrogens with one attached hydrogen (secondary N) is 2. The average Bonchev–Trinajstić information content (AvgIpc) is 3.28. The van der Waals surface area contributed by atoms with Crippen LogP contribution in [0.25, 0.3) is 10.9 Å². The summed E-state index contributed by atoms with van der Waals surface area (Å²) in [5.41, 5.74) is 1.04. The molecule has 0 saturated heterocycles. The molecule has 1 heterocycles. The number of carbonyl (C=O) groups excluding carboxylic acids is 2. The van der Waals surface area contributed by atoms with Crippen LogP contribution in [-0.2, 0) is 4.79 Å². The Morgan fingerprint density at radius 3 is 2.73 bits per heavy atom. The molecule has 0 spiro atoms. The summed E-state index contributed by atoms with van der Waals surface area (Å²) >= 11 is 11.6. The zero-order valence-electron chi connectivity index (χ0n) is 17.6. The van der Waals surface area contributed by atoms with E-state index in [0.717, 1.165) is 18.2 Å². The van der Waals surface area contributed by atoms with Crippen LogP contribution in [0, 0.1) is 17.7 Å². The van der Waals surface area contributed by atoms with Gasteiger partial charge in [0.25, 0.3) is 5.91 Å². The molecular formula is C24H22Cl2FN3O3. The van der Waals surface area contributed by atoms with Crippen LogP contribution in [0.5, 0.6) is 5.75 Å². The van der Waals surface area contributed by atoms with E-state index in [-0.39, 0.29) is 41.2 Å². The van der Waals surface area contributed by atoms with Gasteiger partial charge in [0.2, 0.25) is 5.91 Å². The molecule has 2 N–H and O–H groups in total. The highest BCUT2D eigenvalue weighted by atomic mass is 35.5. The summed E-state index contributed by atoms with van der Waals surface area (Å²) in [6, 6.07) is 12.9. The van der Waals surface area contributed by atoms with Crippen molar-refractivity contribution in [1.82, 2.24) is 15.6 Å². The van der Waals surface area contributed by atoms with E-state index in [1.165, 1.54) is 18.2 Å². The maximum atomic E-state index is 13.4. The summed E-state index contributed by atoms with van der Waals surface area (Å²) in [7, 11) is 0. The molecule has 9 heteroatoms. The van der Waals surface area contributed by atoms with Gasteiger partial charge < -0.3 is 15.4 Å². The number of pyridine rings is 1. The Labute approximate surface area is 200 Å². The largest absolute Gasteiger partial charge is 0.473 e. The van der Waals surface area contributed by atoms with Gasteiger partial charge in [0, 0.05) is 28.9 Å². The molecular weight excluding hydrogens is 468 g/mol. The van der Waals surface area contributed by atoms with E-state index in [9.17, 15) is 14.0 Å². The first-order chi connectivity index (χ1) is 15.9. The minimum Gasteiger partial charge on any atom is -0.473 e. The summed E-state index contributed by atoms with van der Waals surface area (Å²) < 4.78 is 18.8. The zero-order chi connectivity index (χ0) is 23.4. The van der Waals surface area contributed by atoms with Crippen molar-refractivity contribution >= 4 is 45.9 Å². The molecule has 4 rings (SSSR count). The first kappa shape index (κ1) is 23.3. The Morgan fingerprint density at radius 2 is 1.91 bits per heavy atom. The Hall–Kier alpha value is -2.90. The van der Waals surface area contributed by atoms with Crippen LogP contribution in [0.2, 0.25) is 10.0 Å². The monoisotopic (exact) mass is 489 g/mol. The molecule has 3 aromatic rings. The van der Waals surface area contributed by atoms with Crippen LogP contribution >= 0.6 is 23.2 Å². The Kier molecular flexibility index (Phi) is 7.30. The van der Waals surface area contributed by atoms with Crippen LogP contribution in [-0.4, -0.2) is 30.1 Å². The lowest BCUT2D eigenvalue weighted by atomic mass is 10.0. The molecule has 1 aromatic heterocycles. The highest BCUT2D eigenvalue weighted by Gasteiger charge is 2.30. The number of carbonyl (C=O) groups is 2. The average molecular weight is 490 g/mol. The lowest BCUT2D eigenvalue weighted by molar-refractivity contribution is -0.125. The molecule has 33 heavy (non-hydrogen) atoms. The second-order valence-electron chi connectivity index (χ2n) is 8.03. The van der Waals surface area contributed by atoms with Crippen LogP contribution in [0.15, 0.2) is 48.5 Å². The number of benzene rings is 2. The fourth-order valence-corrected chi connectivity index (χ4v) is 4.25. The van der Waals surface area contributed by atoms with Crippen molar-refractivity contribution in [2.24, 2.45) is 11.8 Å². The number of halogens is 3. The molecule has 2 atom stereocenters. The Bertz CT molecular complexity index is 1190. The molecule has 2 aromatic carbocycles. The molecule has 0 bridgehead atoms. The highest BCUT2D eigenvalue weighted by molar-refractivity contribution is 6.31. The van der Waals surface area contributed by atoms with Crippen molar-refractivity contribution in [3.63, 3.8) is 0 Å². The van der Waals surface area contributed by atoms with E-state index in [0.29, 0.717) is 29.2 Å². The summed E-state index contributed by atoms with van der Waals surface area (Å²) in [6.07, 6.45) is 2.24. The van der Waals surface area contributed by atoms with E-state index in [2.05, 4.69) is 15.6 Å². The van der Waals surface area contributed by atoms with Gasteiger partial charge in [0.15, 0.2) is 6.73 Å². The normalized spacial score (nSPS) is 17.7. The van der Waals surface area contributed by atoms with E-state index in [1.807, 2.05) is 6.07 Å². The molecule has 1 aliphatic rings. The minimum absolute atomic E-state index is 0.0109. The topological polar surface area (TPSA) is 80.3 Å². The van der Waals surface area contributed by atoms with E-state index >= 15 is 0 Å². The molecule has 172 valence electrons. The van der Waals surface area contributed by atoms with Gasteiger partial charge in [0.1, 0.15) is 17.3 Å². The number of aromatic nitrogens is 1. The van der Waals surface area contributed by atoms with Gasteiger partial charge in [-0.25, -0.2) is 9.37 Å². The van der Waals surface area contributed by atoms with E-state index in [4.69, 9.17) is 27.9 Å². The van der Waals surface area contributed by atoms with E-state index in [1.54, 1.807) is 24.3 Å². The lowest BCUT2D eigenvalue weighted by Gasteiger charge is -2.13. The lowest BCUT2D eigenvalue weighted by Crippen LogP contribution is -2.33. The van der Waals surface area contributed by atoms with Crippen molar-refractivity contribution in [3.8, 4) is 5.75 Å². The standard InChI is InChI=1S/C24H22Cl2FN3O3/c25-17-4-8-21-15(10-17)3-7-22(30-21)24(32)28-12-14-1-2-16(9-14)23(31)29-13-33-18-5-6-19(26)20(27)11-18/h3-8,10-11,14,16H,1-2,9,12-13H2,(H,28,32)(H,29,31). The molecule has 2 unspecified atom stereocenters. The SMILES string of the molecule is O=C(NCC1CCC(C(=O)NCOc2ccc(Cl)c(F)c2)C1)c1ccc2cc(Cl)ccc2n1. The van der Waals surface area contributed by atoms with Gasteiger partial charge in [-0.3, -0.25) is 9.59 Å². The number of hydrogen-bond donors (Lipinski definition) is 2. The maximum Gasteiger partial charge on any atom is 0.269 e. The second-order valence-corrected chi connectivity index (χ2v) is 8.87. The molecule has 6 nitrogen and oxygen atoms in total. The maximum absolute atomic E-state index is 13.4. The third kappa shape index (κ3) is 5.92. The number of fused-ring (bicyclic) bond motifs is 1. The van der Waals surface area contributed by atoms with Crippen LogP contribution in [0.4, 0.5) is 4.39 Å². The van der Waals surface area contributed by atoms with Crippen LogP contribution in [0.1, 0.15) is 29.8 Å². The van der Waals surface area contributed by atoms with Gasteiger partial charge >= 0.3 is 0 Å². The third-order valence-electron chi connectivity index (χ3n) is 5.72. The van der Waals surface area contributed by atoms with Gasteiger partial charge in [-0.2, -0.15) is 0 Å². The summed E-state index contributed by atoms with van der Waals surface area (Å²) in [6.45, 7) is 0.417. The third-order valence-corrected chi connectivity index (χ3v) is 6.27. The Balaban J connectivity index is 1.21. The molecule has 2 amide bonds. The summed E-state index contributed by atoms with van der Waals surface area (Å²) in [4.78, 5) is 29.3. The number of amides is 2. The quantitative estimate of drug-likeness (QED) is 0.458. The summed E-state index contributed by atoms with van der Waals surface area (Å²) in [5.74, 6) is -0.605. The highest BCUT2D eigenvalue weighted by Crippen LogP contribution is 2.30. The Morgan fingerprint density at radius 1 is 1.06 bits per heavy atom. The predicted molar refractivity (Wildman–Crippen MR) is 125 cm³/mol. The van der Waals surface area contributed by atoms with Crippen molar-refractivity contribution in [2.75, 3.05) is 13.3 Å². The van der Waals surface area contributed by atoms with E-state index < -0.39 is 5.82 Å². The van der Waals surface area contributed by atoms with Gasteiger partial charge in [-0.15, -0.1) is 0 Å². The van der Waals surface area contributed by atoms with Crippen molar-refractivity contribution < 1.29 is 18.7 Å². The van der Waals surface area contributed by atoms with Crippen LogP contribution < -0.4 is 15.4 Å². The fraction of sp³-hybridized carbons (Fsp3) is 0.292. The van der Waals surface area contributed by atoms with Gasteiger partial charge in [0.05, 0.1) is 10.5 Å². The molecule has 0 aliphatic heterocycles. The number of rotatable bonds is 7. The van der Waals surface area contributed by atoms with Gasteiger partial charge in [-0.05, 0) is 61.6 Å². The number of ether oxygens (including phenoxy) is 1. The number of nitrogens with zero attached hydrogens (tertiary/aromatic N) is 1. The predicted octanol–water partition coefficient (Wildman–Crippen LogP) is 4.98. The fourth-order valence-electron chi connectivity index (χ4n) is 3.95. The molecule has 1 fully saturated rings. The first-order valence-corrected chi connectivity index (χ1v) is 11.3.